The summed E-state index contributed by atoms with van der Waals surface area (Å²) in [7, 11) is 1.72. The Morgan fingerprint density at radius 3 is 2.59 bits per heavy atom. The van der Waals surface area contributed by atoms with Gasteiger partial charge in [-0.05, 0) is 41.5 Å². The van der Waals surface area contributed by atoms with E-state index in [1.165, 1.54) is 24.4 Å². The molecule has 27 heavy (non-hydrogen) atoms. The van der Waals surface area contributed by atoms with E-state index in [1.807, 2.05) is 12.1 Å². The van der Waals surface area contributed by atoms with Crippen LogP contribution in [-0.2, 0) is 11.8 Å². The number of aromatic nitrogens is 1. The highest BCUT2D eigenvalue weighted by molar-refractivity contribution is 6.36. The van der Waals surface area contributed by atoms with E-state index in [-0.39, 0.29) is 17.3 Å². The molecule has 6 heteroatoms. The molecule has 0 atom stereocenters. The van der Waals surface area contributed by atoms with E-state index < -0.39 is 5.97 Å². The maximum absolute atomic E-state index is 13.3. The van der Waals surface area contributed by atoms with Crippen molar-refractivity contribution in [3.63, 3.8) is 0 Å². The van der Waals surface area contributed by atoms with Crippen molar-refractivity contribution in [2.45, 2.75) is 0 Å². The average Bonchev–Trinajstić information content (AvgIpc) is 3.16. The first-order valence-corrected chi connectivity index (χ1v) is 8.26. The van der Waals surface area contributed by atoms with Gasteiger partial charge in [-0.15, -0.1) is 0 Å². The van der Waals surface area contributed by atoms with E-state index in [2.05, 4.69) is 5.32 Å². The second kappa shape index (κ2) is 6.25. The maximum atomic E-state index is 13.3. The van der Waals surface area contributed by atoms with Crippen LogP contribution in [0.2, 0.25) is 0 Å². The summed E-state index contributed by atoms with van der Waals surface area (Å²) in [6, 6.07) is 13.1. The minimum absolute atomic E-state index is 0.148. The number of carboxylic acids is 1. The third-order valence-corrected chi connectivity index (χ3v) is 4.56. The van der Waals surface area contributed by atoms with Crippen molar-refractivity contribution in [3.8, 4) is 11.1 Å². The van der Waals surface area contributed by atoms with Crippen LogP contribution < -0.4 is 5.32 Å². The van der Waals surface area contributed by atoms with Gasteiger partial charge in [-0.1, -0.05) is 24.3 Å². The molecule has 1 aliphatic heterocycles. The third-order valence-electron chi connectivity index (χ3n) is 4.56. The Balaban J connectivity index is 1.88. The number of nitrogens with one attached hydrogen (secondary N) is 1. The van der Waals surface area contributed by atoms with Crippen LogP contribution in [0.5, 0.6) is 0 Å². The molecular weight excluding hydrogens is 347 g/mol. The first kappa shape index (κ1) is 16.8. The summed E-state index contributed by atoms with van der Waals surface area (Å²) in [5.41, 5.74) is 4.14. The molecule has 0 unspecified atom stereocenters. The average molecular weight is 362 g/mol. The number of hydrogen-bond donors (Lipinski definition) is 2. The zero-order chi connectivity index (χ0) is 19.1. The van der Waals surface area contributed by atoms with Gasteiger partial charge >= 0.3 is 5.97 Å². The van der Waals surface area contributed by atoms with Crippen LogP contribution in [0.1, 0.15) is 21.6 Å². The number of amides is 1. The van der Waals surface area contributed by atoms with Crippen molar-refractivity contribution < 1.29 is 19.1 Å². The minimum Gasteiger partial charge on any atom is -0.478 e. The molecule has 1 aliphatic rings. The molecule has 0 spiro atoms. The molecule has 2 N–H and O–H groups in total. The molecule has 0 saturated heterocycles. The van der Waals surface area contributed by atoms with Gasteiger partial charge in [0.05, 0.1) is 11.1 Å². The lowest BCUT2D eigenvalue weighted by Gasteiger charge is -2.09. The first-order chi connectivity index (χ1) is 12.9. The molecule has 2 aromatic carbocycles. The Morgan fingerprint density at radius 2 is 1.93 bits per heavy atom. The topological polar surface area (TPSA) is 71.3 Å². The fourth-order valence-corrected chi connectivity index (χ4v) is 3.25. The molecule has 0 bridgehead atoms. The van der Waals surface area contributed by atoms with E-state index in [0.717, 1.165) is 11.1 Å². The second-order valence-corrected chi connectivity index (χ2v) is 6.32. The SMILES string of the molecule is Cn1cc(C(=O)O)cc1C=C1C(=O)Nc2cccc(-c3ccc(F)cc3)c21. The molecule has 5 nitrogen and oxygen atoms in total. The number of aromatic carboxylic acids is 1. The van der Waals surface area contributed by atoms with Crippen molar-refractivity contribution in [1.29, 1.82) is 0 Å². The lowest BCUT2D eigenvalue weighted by atomic mass is 9.94. The van der Waals surface area contributed by atoms with Gasteiger partial charge in [0.2, 0.25) is 0 Å². The Morgan fingerprint density at radius 1 is 1.19 bits per heavy atom. The molecule has 4 rings (SSSR count). The zero-order valence-electron chi connectivity index (χ0n) is 14.4. The summed E-state index contributed by atoms with van der Waals surface area (Å²) in [5.74, 6) is -1.63. The lowest BCUT2D eigenvalue weighted by Crippen LogP contribution is -2.04. The molecule has 0 saturated carbocycles. The van der Waals surface area contributed by atoms with Crippen LogP contribution in [0.4, 0.5) is 10.1 Å². The summed E-state index contributed by atoms with van der Waals surface area (Å²) in [5, 5.41) is 12.0. The van der Waals surface area contributed by atoms with Gasteiger partial charge in [-0.25, -0.2) is 9.18 Å². The standard InChI is InChI=1S/C21H15FN2O3/c1-24-11-13(21(26)27)9-15(24)10-17-19-16(12-5-7-14(22)8-6-12)3-2-4-18(19)23-20(17)25/h2-11H,1H3,(H,23,25)(H,26,27). The fourth-order valence-electron chi connectivity index (χ4n) is 3.25. The highest BCUT2D eigenvalue weighted by Crippen LogP contribution is 2.40. The number of benzene rings is 2. The van der Waals surface area contributed by atoms with Gasteiger partial charge in [0.1, 0.15) is 5.82 Å². The molecule has 2 heterocycles. The van der Waals surface area contributed by atoms with Gasteiger partial charge in [-0.3, -0.25) is 4.79 Å². The molecule has 0 fully saturated rings. The number of aryl methyl sites for hydroxylation is 1. The molecule has 0 radical (unpaired) electrons. The number of carbonyl (C=O) groups excluding carboxylic acids is 1. The zero-order valence-corrected chi connectivity index (χ0v) is 14.4. The Hall–Kier alpha value is -3.67. The van der Waals surface area contributed by atoms with Gasteiger partial charge < -0.3 is 15.0 Å². The van der Waals surface area contributed by atoms with Crippen LogP contribution in [0.25, 0.3) is 22.8 Å². The monoisotopic (exact) mass is 362 g/mol. The number of carboxylic acid groups (broad SMARTS) is 1. The Labute approximate surface area is 154 Å². The molecule has 0 aliphatic carbocycles. The van der Waals surface area contributed by atoms with Crippen molar-refractivity contribution in [2.24, 2.45) is 7.05 Å². The summed E-state index contributed by atoms with van der Waals surface area (Å²) in [6.07, 6.45) is 3.16. The van der Waals surface area contributed by atoms with E-state index in [4.69, 9.17) is 5.11 Å². The molecule has 1 amide bonds. The number of fused-ring (bicyclic) bond motifs is 1. The number of halogens is 1. The van der Waals surface area contributed by atoms with Crippen molar-refractivity contribution in [1.82, 2.24) is 4.57 Å². The fraction of sp³-hybridized carbons (Fsp3) is 0.0476. The van der Waals surface area contributed by atoms with E-state index in [9.17, 15) is 14.0 Å². The highest BCUT2D eigenvalue weighted by atomic mass is 19.1. The number of nitrogens with zero attached hydrogens (tertiary/aromatic N) is 1. The Kier molecular flexibility index (Phi) is 3.88. The number of rotatable bonds is 3. The first-order valence-electron chi connectivity index (χ1n) is 8.26. The molecule has 134 valence electrons. The maximum Gasteiger partial charge on any atom is 0.337 e. The summed E-state index contributed by atoms with van der Waals surface area (Å²) < 4.78 is 14.9. The summed E-state index contributed by atoms with van der Waals surface area (Å²) >= 11 is 0. The number of anilines is 1. The van der Waals surface area contributed by atoms with Crippen molar-refractivity contribution >= 4 is 29.2 Å². The summed E-state index contributed by atoms with van der Waals surface area (Å²) in [6.45, 7) is 0. The molecule has 1 aromatic heterocycles. The van der Waals surface area contributed by atoms with Crippen LogP contribution in [0.3, 0.4) is 0 Å². The highest BCUT2D eigenvalue weighted by Gasteiger charge is 2.27. The smallest absolute Gasteiger partial charge is 0.337 e. The second-order valence-electron chi connectivity index (χ2n) is 6.32. The van der Waals surface area contributed by atoms with Crippen LogP contribution >= 0.6 is 0 Å². The van der Waals surface area contributed by atoms with Gasteiger partial charge in [0.25, 0.3) is 5.91 Å². The van der Waals surface area contributed by atoms with Crippen LogP contribution in [-0.4, -0.2) is 21.6 Å². The number of hydrogen-bond acceptors (Lipinski definition) is 2. The van der Waals surface area contributed by atoms with Crippen LogP contribution in [0.15, 0.2) is 54.7 Å². The van der Waals surface area contributed by atoms with E-state index >= 15 is 0 Å². The minimum atomic E-state index is -1.03. The van der Waals surface area contributed by atoms with Gasteiger partial charge in [0, 0.05) is 30.2 Å². The lowest BCUT2D eigenvalue weighted by molar-refractivity contribution is -0.110. The van der Waals surface area contributed by atoms with Crippen molar-refractivity contribution in [3.05, 3.63) is 77.4 Å². The van der Waals surface area contributed by atoms with E-state index in [1.54, 1.807) is 35.9 Å². The largest absolute Gasteiger partial charge is 0.478 e. The van der Waals surface area contributed by atoms with E-state index in [0.29, 0.717) is 22.5 Å². The molecule has 3 aromatic rings. The van der Waals surface area contributed by atoms with Gasteiger partial charge in [0.15, 0.2) is 0 Å². The normalized spacial score (nSPS) is 14.3. The van der Waals surface area contributed by atoms with Gasteiger partial charge in [-0.2, -0.15) is 0 Å². The quantitative estimate of drug-likeness (QED) is 0.691. The third kappa shape index (κ3) is 2.91. The predicted molar refractivity (Wildman–Crippen MR) is 101 cm³/mol. The Bertz CT molecular complexity index is 1110. The van der Waals surface area contributed by atoms with Crippen LogP contribution in [0, 0.1) is 5.82 Å². The summed E-state index contributed by atoms with van der Waals surface area (Å²) in [4.78, 5) is 23.7. The molecular formula is C21H15FN2O3. The number of carbonyl (C=O) groups is 2. The predicted octanol–water partition coefficient (Wildman–Crippen LogP) is 4.02. The van der Waals surface area contributed by atoms with Crippen molar-refractivity contribution in [2.75, 3.05) is 5.32 Å².